The first-order valence-electron chi connectivity index (χ1n) is 16.9. The molecule has 0 atom stereocenters. The molecule has 3 aromatic rings. The molecule has 3 aromatic carbocycles. The molecule has 0 aliphatic rings. The van der Waals surface area contributed by atoms with Gasteiger partial charge < -0.3 is 0 Å². The predicted molar refractivity (Wildman–Crippen MR) is 158 cm³/mol. The molecule has 0 aromatic heterocycles. The Kier molecular flexibility index (Phi) is 15.7. The minimum atomic E-state index is -8.48. The molecule has 0 unspecified atom stereocenters. The smallest absolute Gasteiger partial charge is 0.203 e. The van der Waals surface area contributed by atoms with Gasteiger partial charge in [-0.2, -0.15) is 119 Å². The summed E-state index contributed by atoms with van der Waals surface area (Å²) in [6.07, 6.45) is -38.7. The second-order valence-corrected chi connectivity index (χ2v) is 16.2. The summed E-state index contributed by atoms with van der Waals surface area (Å²) < 4.78 is 560. The first-order valence-corrected chi connectivity index (χ1v) is 18.3. The van der Waals surface area contributed by atoms with E-state index >= 15 is 65.9 Å². The Bertz CT molecular complexity index is 2340. The Morgan fingerprint density at radius 3 is 0.507 bits per heavy atom. The standard InChI is InChI=1S/C33H6F39P/c34-7-4(1-22(46,47)25(52,53)28(58,59)31(64,65)66)19(16(43)13(40)10(7)37)73(20-5(8(35)11(38)14(41)17(20)44)2-23(48,49)26(54,55)29(60,61)32(67,68)69)21-6(9(36)12(39)15(42)18(21)45)3-24(50,51)27(56,57)30(62,63)33(70,71)72/h1-3H2. The second-order valence-electron chi connectivity index (χ2n) is 14.2. The van der Waals surface area contributed by atoms with Gasteiger partial charge in [0.15, 0.2) is 69.8 Å². The molecular formula is C33H6F39P. The van der Waals surface area contributed by atoms with Crippen LogP contribution < -0.4 is 15.9 Å². The van der Waals surface area contributed by atoms with E-state index in [1.165, 1.54) is 0 Å². The molecule has 73 heavy (non-hydrogen) atoms. The van der Waals surface area contributed by atoms with E-state index in [0.29, 0.717) is 0 Å². The third-order valence-electron chi connectivity index (χ3n) is 9.51. The number of benzene rings is 3. The maximum Gasteiger partial charge on any atom is 0.460 e. The maximum absolute atomic E-state index is 16.1. The molecule has 0 radical (unpaired) electrons. The highest BCUT2D eigenvalue weighted by atomic mass is 31.1. The van der Waals surface area contributed by atoms with Crippen LogP contribution in [0.3, 0.4) is 0 Å². The zero-order chi connectivity index (χ0) is 58.1. The monoisotopic (exact) mass is 1170 g/mol. The fraction of sp³-hybridized carbons (Fsp3) is 0.455. The van der Waals surface area contributed by atoms with Gasteiger partial charge in [0, 0.05) is 51.9 Å². The topological polar surface area (TPSA) is 0 Å². The van der Waals surface area contributed by atoms with Crippen molar-refractivity contribution in [2.45, 2.75) is 91.1 Å². The normalized spacial score (nSPS) is 14.8. The van der Waals surface area contributed by atoms with Crippen molar-refractivity contribution in [1.29, 1.82) is 0 Å². The third kappa shape index (κ3) is 9.36. The van der Waals surface area contributed by atoms with Crippen LogP contribution in [0.25, 0.3) is 0 Å². The number of rotatable bonds is 15. The summed E-state index contributed by atoms with van der Waals surface area (Å²) in [5.74, 6) is -126. The highest BCUT2D eigenvalue weighted by molar-refractivity contribution is 7.80. The number of alkyl halides is 27. The van der Waals surface area contributed by atoms with Crippen LogP contribution in [0.15, 0.2) is 0 Å². The van der Waals surface area contributed by atoms with Crippen LogP contribution in [-0.4, -0.2) is 71.8 Å². The molecule has 0 nitrogen and oxygen atoms in total. The van der Waals surface area contributed by atoms with Gasteiger partial charge >= 0.3 is 71.8 Å². The van der Waals surface area contributed by atoms with Crippen molar-refractivity contribution in [2.75, 3.05) is 0 Å². The average Bonchev–Trinajstić information content (AvgIpc) is 3.22. The first-order chi connectivity index (χ1) is 32.0. The lowest BCUT2D eigenvalue weighted by atomic mass is 9.96. The fourth-order valence-electron chi connectivity index (χ4n) is 5.74. The zero-order valence-electron chi connectivity index (χ0n) is 32.3. The molecule has 40 heteroatoms. The lowest BCUT2D eigenvalue weighted by Gasteiger charge is -2.36. The minimum absolute atomic E-state index is 4.15. The molecule has 3 rings (SSSR count). The largest absolute Gasteiger partial charge is 0.460 e. The summed E-state index contributed by atoms with van der Waals surface area (Å²) in [5.41, 5.74) is -12.6. The van der Waals surface area contributed by atoms with E-state index in [-0.39, 0.29) is 0 Å². The third-order valence-corrected chi connectivity index (χ3v) is 12.2. The van der Waals surface area contributed by atoms with Crippen LogP contribution in [0.4, 0.5) is 171 Å². The van der Waals surface area contributed by atoms with Crippen molar-refractivity contribution < 1.29 is 171 Å². The van der Waals surface area contributed by atoms with Crippen LogP contribution in [0.2, 0.25) is 0 Å². The highest BCUT2D eigenvalue weighted by Gasteiger charge is 2.84. The van der Waals surface area contributed by atoms with Gasteiger partial charge in [-0.05, 0) is 7.92 Å². The highest BCUT2D eigenvalue weighted by Crippen LogP contribution is 2.58. The van der Waals surface area contributed by atoms with Gasteiger partial charge in [-0.1, -0.05) is 0 Å². The van der Waals surface area contributed by atoms with E-state index in [2.05, 4.69) is 0 Å². The van der Waals surface area contributed by atoms with Crippen LogP contribution in [0.5, 0.6) is 0 Å². The van der Waals surface area contributed by atoms with Crippen molar-refractivity contribution in [3.8, 4) is 0 Å². The molecule has 0 saturated carbocycles. The van der Waals surface area contributed by atoms with Crippen LogP contribution in [0.1, 0.15) is 16.7 Å². The van der Waals surface area contributed by atoms with Crippen LogP contribution >= 0.6 is 7.92 Å². The van der Waals surface area contributed by atoms with E-state index in [1.807, 2.05) is 0 Å². The molecule has 0 spiro atoms. The molecule has 0 amide bonds. The van der Waals surface area contributed by atoms with Crippen molar-refractivity contribution in [3.05, 3.63) is 86.5 Å². The van der Waals surface area contributed by atoms with E-state index in [9.17, 15) is 105 Å². The molecule has 0 N–H and O–H groups in total. The number of hydrogen-bond acceptors (Lipinski definition) is 0. The van der Waals surface area contributed by atoms with Crippen molar-refractivity contribution in [1.82, 2.24) is 0 Å². The fourth-order valence-corrected chi connectivity index (χ4v) is 8.63. The van der Waals surface area contributed by atoms with E-state index in [0.717, 1.165) is 0 Å². The van der Waals surface area contributed by atoms with Crippen LogP contribution in [0, 0.1) is 69.8 Å². The summed E-state index contributed by atoms with van der Waals surface area (Å²) >= 11 is 0. The summed E-state index contributed by atoms with van der Waals surface area (Å²) in [6.45, 7) is 0. The quantitative estimate of drug-likeness (QED) is 0.0616. The van der Waals surface area contributed by atoms with Crippen molar-refractivity contribution >= 4 is 23.8 Å². The summed E-state index contributed by atoms with van der Waals surface area (Å²) in [7, 11) is -7.15. The Morgan fingerprint density at radius 1 is 0.205 bits per heavy atom. The van der Waals surface area contributed by atoms with Crippen LogP contribution in [-0.2, 0) is 19.3 Å². The SMILES string of the molecule is Fc1c(F)c(F)c(P(c2c(F)c(F)c(F)c(F)c2CC(F)(F)C(F)(F)C(F)(F)C(F)(F)F)c2c(F)c(F)c(F)c(F)c2CC(F)(F)C(F)(F)C(F)(F)C(F)(F)F)c(CC(F)(F)C(F)(F)C(F)(F)C(F)(F)F)c1F. The Labute approximate surface area is 373 Å². The predicted octanol–water partition coefficient (Wildman–Crippen LogP) is 14.1. The molecule has 0 fully saturated rings. The van der Waals surface area contributed by atoms with Gasteiger partial charge in [0.25, 0.3) is 0 Å². The van der Waals surface area contributed by atoms with Gasteiger partial charge in [-0.25, -0.2) is 52.7 Å². The molecule has 0 aliphatic carbocycles. The minimum Gasteiger partial charge on any atom is -0.203 e. The zero-order valence-corrected chi connectivity index (χ0v) is 33.2. The summed E-state index contributed by atoms with van der Waals surface area (Å²) in [6, 6.07) is 0. The lowest BCUT2D eigenvalue weighted by molar-refractivity contribution is -0.395. The molecular weight excluding hydrogens is 1170 g/mol. The molecule has 0 aliphatic heterocycles. The molecule has 0 bridgehead atoms. The first kappa shape index (κ1) is 62.7. The summed E-state index contributed by atoms with van der Waals surface area (Å²) in [5, 5.41) is -12.8. The van der Waals surface area contributed by atoms with Gasteiger partial charge in [-0.15, -0.1) is 0 Å². The number of halogens is 39. The van der Waals surface area contributed by atoms with Crippen molar-refractivity contribution in [3.63, 3.8) is 0 Å². The molecule has 0 heterocycles. The van der Waals surface area contributed by atoms with Gasteiger partial charge in [0.1, 0.15) is 0 Å². The maximum atomic E-state index is 16.1. The Balaban J connectivity index is 3.00. The van der Waals surface area contributed by atoms with E-state index in [1.54, 1.807) is 0 Å². The van der Waals surface area contributed by atoms with Gasteiger partial charge in [-0.3, -0.25) is 0 Å². The summed E-state index contributed by atoms with van der Waals surface area (Å²) in [4.78, 5) is 0. The molecule has 0 saturated heterocycles. The van der Waals surface area contributed by atoms with Gasteiger partial charge in [0.2, 0.25) is 0 Å². The van der Waals surface area contributed by atoms with E-state index in [4.69, 9.17) is 0 Å². The van der Waals surface area contributed by atoms with Gasteiger partial charge in [0.05, 0.1) is 0 Å². The number of hydrogen-bond donors (Lipinski definition) is 0. The van der Waals surface area contributed by atoms with Crippen molar-refractivity contribution in [2.24, 2.45) is 0 Å². The average molecular weight is 1170 g/mol. The lowest BCUT2D eigenvalue weighted by Crippen LogP contribution is -2.62. The Morgan fingerprint density at radius 2 is 0.356 bits per heavy atom. The Hall–Kier alpha value is -4.64. The molecule has 416 valence electrons. The van der Waals surface area contributed by atoms with E-state index < -0.39 is 201 Å². The second kappa shape index (κ2) is 18.3.